The average Bonchev–Trinajstić information content (AvgIpc) is 3.31. The molecule has 6 nitrogen and oxygen atoms in total. The van der Waals surface area contributed by atoms with Crippen LogP contribution in [0, 0.1) is 12.3 Å². The summed E-state index contributed by atoms with van der Waals surface area (Å²) in [5, 5.41) is 0. The molecule has 186 valence electrons. The summed E-state index contributed by atoms with van der Waals surface area (Å²) >= 11 is 0. The summed E-state index contributed by atoms with van der Waals surface area (Å²) in [7, 11) is 1.66. The van der Waals surface area contributed by atoms with E-state index in [1.807, 2.05) is 43.5 Å². The first-order valence-electron chi connectivity index (χ1n) is 13.1. The number of likely N-dealkylation sites (tertiary alicyclic amines) is 2. The molecule has 2 saturated heterocycles. The molecule has 2 aliphatic heterocycles. The molecule has 36 heavy (non-hydrogen) atoms. The van der Waals surface area contributed by atoms with E-state index < -0.39 is 0 Å². The predicted octanol–water partition coefficient (Wildman–Crippen LogP) is 4.62. The van der Waals surface area contributed by atoms with Crippen molar-refractivity contribution < 1.29 is 9.53 Å². The number of carbonyl (C=O) groups excluding carboxylic acids is 1. The predicted molar refractivity (Wildman–Crippen MR) is 140 cm³/mol. The SMILES string of the molecule is COc1ccc(CC(=O)N2CCC3(CC2)CN(C2CCc4cc(-c5nccc(C)n5)ccc42)C3)cc1. The number of carbonyl (C=O) groups is 1. The summed E-state index contributed by atoms with van der Waals surface area (Å²) in [5.74, 6) is 1.88. The van der Waals surface area contributed by atoms with Crippen molar-refractivity contribution >= 4 is 5.91 Å². The maximum atomic E-state index is 12.9. The topological polar surface area (TPSA) is 58.6 Å². The second-order valence-corrected chi connectivity index (χ2v) is 10.8. The summed E-state index contributed by atoms with van der Waals surface area (Å²) in [6.07, 6.45) is 6.84. The number of nitrogens with zero attached hydrogens (tertiary/aromatic N) is 4. The summed E-state index contributed by atoms with van der Waals surface area (Å²) in [5.41, 5.74) is 6.47. The molecule has 1 spiro atoms. The smallest absolute Gasteiger partial charge is 0.226 e. The maximum absolute atomic E-state index is 12.9. The van der Waals surface area contributed by atoms with Crippen molar-refractivity contribution in [2.75, 3.05) is 33.3 Å². The number of hydrogen-bond acceptors (Lipinski definition) is 5. The fourth-order valence-corrected chi connectivity index (χ4v) is 6.31. The second-order valence-electron chi connectivity index (χ2n) is 10.8. The van der Waals surface area contributed by atoms with Gasteiger partial charge in [-0.05, 0) is 79.0 Å². The molecule has 3 heterocycles. The Hall–Kier alpha value is -3.25. The Kier molecular flexibility index (Phi) is 6.00. The minimum Gasteiger partial charge on any atom is -0.497 e. The van der Waals surface area contributed by atoms with Crippen LogP contribution in [0.2, 0.25) is 0 Å². The number of ether oxygens (including phenoxy) is 1. The van der Waals surface area contributed by atoms with Gasteiger partial charge >= 0.3 is 0 Å². The molecule has 1 unspecified atom stereocenters. The zero-order chi connectivity index (χ0) is 24.7. The largest absolute Gasteiger partial charge is 0.497 e. The van der Waals surface area contributed by atoms with Crippen LogP contribution in [0.5, 0.6) is 5.75 Å². The number of piperidine rings is 1. The highest BCUT2D eigenvalue weighted by Crippen LogP contribution is 2.48. The number of methoxy groups -OCH3 is 1. The zero-order valence-corrected chi connectivity index (χ0v) is 21.2. The Morgan fingerprint density at radius 3 is 2.58 bits per heavy atom. The lowest BCUT2D eigenvalue weighted by atomic mass is 9.71. The fourth-order valence-electron chi connectivity index (χ4n) is 6.31. The first-order chi connectivity index (χ1) is 17.5. The molecule has 2 aromatic carbocycles. The minimum atomic E-state index is 0.240. The van der Waals surface area contributed by atoms with Gasteiger partial charge < -0.3 is 9.64 Å². The van der Waals surface area contributed by atoms with Gasteiger partial charge in [0.15, 0.2) is 5.82 Å². The van der Waals surface area contributed by atoms with Crippen molar-refractivity contribution in [2.45, 2.75) is 45.1 Å². The van der Waals surface area contributed by atoms with Gasteiger partial charge in [-0.1, -0.05) is 24.3 Å². The first-order valence-corrected chi connectivity index (χ1v) is 13.1. The molecular formula is C30H34N4O2. The van der Waals surface area contributed by atoms with Gasteiger partial charge in [-0.15, -0.1) is 0 Å². The molecule has 1 aromatic heterocycles. The Morgan fingerprint density at radius 2 is 1.86 bits per heavy atom. The number of aryl methyl sites for hydroxylation is 2. The van der Waals surface area contributed by atoms with E-state index in [1.165, 1.54) is 17.5 Å². The van der Waals surface area contributed by atoms with E-state index in [4.69, 9.17) is 4.74 Å². The van der Waals surface area contributed by atoms with E-state index in [2.05, 4.69) is 38.0 Å². The van der Waals surface area contributed by atoms with Crippen LogP contribution in [-0.4, -0.2) is 59.0 Å². The normalized spacial score (nSPS) is 20.7. The Balaban J connectivity index is 1.04. The van der Waals surface area contributed by atoms with Crippen molar-refractivity contribution in [1.82, 2.24) is 19.8 Å². The van der Waals surface area contributed by atoms with Crippen molar-refractivity contribution in [3.8, 4) is 17.1 Å². The molecule has 3 aromatic rings. The third-order valence-corrected chi connectivity index (χ3v) is 8.45. The number of aromatic nitrogens is 2. The molecule has 6 rings (SSSR count). The molecule has 1 amide bonds. The van der Waals surface area contributed by atoms with Crippen molar-refractivity contribution in [3.63, 3.8) is 0 Å². The van der Waals surface area contributed by atoms with Crippen molar-refractivity contribution in [1.29, 1.82) is 0 Å². The summed E-state index contributed by atoms with van der Waals surface area (Å²) in [6.45, 7) is 6.07. The Labute approximate surface area is 213 Å². The Morgan fingerprint density at radius 1 is 1.08 bits per heavy atom. The molecular weight excluding hydrogens is 448 g/mol. The van der Waals surface area contributed by atoms with E-state index >= 15 is 0 Å². The highest BCUT2D eigenvalue weighted by molar-refractivity contribution is 5.79. The first kappa shape index (κ1) is 23.2. The number of fused-ring (bicyclic) bond motifs is 1. The average molecular weight is 483 g/mol. The fraction of sp³-hybridized carbons (Fsp3) is 0.433. The highest BCUT2D eigenvalue weighted by Gasteiger charge is 2.48. The summed E-state index contributed by atoms with van der Waals surface area (Å²) in [6, 6.07) is 17.1. The summed E-state index contributed by atoms with van der Waals surface area (Å²) in [4.78, 5) is 26.7. The van der Waals surface area contributed by atoms with Gasteiger partial charge in [0.1, 0.15) is 5.75 Å². The van der Waals surface area contributed by atoms with Crippen molar-refractivity contribution in [3.05, 3.63) is 77.1 Å². The third-order valence-electron chi connectivity index (χ3n) is 8.45. The van der Waals surface area contributed by atoms with Gasteiger partial charge in [-0.3, -0.25) is 9.69 Å². The van der Waals surface area contributed by atoms with Crippen LogP contribution in [0.3, 0.4) is 0 Å². The molecule has 1 atom stereocenters. The van der Waals surface area contributed by atoms with E-state index in [0.29, 0.717) is 17.9 Å². The lowest BCUT2D eigenvalue weighted by molar-refractivity contribution is -0.136. The van der Waals surface area contributed by atoms with Crippen LogP contribution in [0.15, 0.2) is 54.7 Å². The van der Waals surface area contributed by atoms with E-state index in [9.17, 15) is 4.79 Å². The molecule has 3 aliphatic rings. The van der Waals surface area contributed by atoms with E-state index in [1.54, 1.807) is 7.11 Å². The molecule has 0 N–H and O–H groups in total. The molecule has 1 aliphatic carbocycles. The quantitative estimate of drug-likeness (QED) is 0.531. The van der Waals surface area contributed by atoms with Crippen LogP contribution in [0.25, 0.3) is 11.4 Å². The van der Waals surface area contributed by atoms with Gasteiger partial charge in [0.05, 0.1) is 13.5 Å². The third kappa shape index (κ3) is 4.39. The van der Waals surface area contributed by atoms with E-state index in [0.717, 1.165) is 73.8 Å². The van der Waals surface area contributed by atoms with Gasteiger partial charge in [-0.2, -0.15) is 0 Å². The zero-order valence-electron chi connectivity index (χ0n) is 21.2. The van der Waals surface area contributed by atoms with Crippen molar-refractivity contribution in [2.24, 2.45) is 5.41 Å². The van der Waals surface area contributed by atoms with Gasteiger partial charge in [-0.25, -0.2) is 9.97 Å². The standard InChI is InChI=1S/C30H34N4O2/c1-21-11-14-31-29(32-21)24-5-9-26-23(18-24)6-10-27(26)34-19-30(20-34)12-15-33(16-13-30)28(35)17-22-3-7-25(36-2)8-4-22/h3-5,7-9,11,14,18,27H,6,10,12-13,15-17,19-20H2,1-2H3. The molecule has 0 bridgehead atoms. The van der Waals surface area contributed by atoms with Gasteiger partial charge in [0, 0.05) is 49.7 Å². The number of rotatable bonds is 5. The highest BCUT2D eigenvalue weighted by atomic mass is 16.5. The minimum absolute atomic E-state index is 0.240. The molecule has 0 saturated carbocycles. The monoisotopic (exact) mass is 482 g/mol. The number of hydrogen-bond donors (Lipinski definition) is 0. The van der Waals surface area contributed by atoms with Gasteiger partial charge in [0.25, 0.3) is 0 Å². The number of amides is 1. The summed E-state index contributed by atoms with van der Waals surface area (Å²) < 4.78 is 5.22. The maximum Gasteiger partial charge on any atom is 0.226 e. The lowest BCUT2D eigenvalue weighted by Crippen LogP contribution is -2.61. The Bertz CT molecular complexity index is 1260. The van der Waals surface area contributed by atoms with E-state index in [-0.39, 0.29) is 5.91 Å². The number of benzene rings is 2. The molecule has 6 heteroatoms. The van der Waals surface area contributed by atoms with Crippen LogP contribution >= 0.6 is 0 Å². The second kappa shape index (κ2) is 9.32. The van der Waals surface area contributed by atoms with Crippen LogP contribution < -0.4 is 4.74 Å². The van der Waals surface area contributed by atoms with Crippen LogP contribution in [0.4, 0.5) is 0 Å². The molecule has 2 fully saturated rings. The van der Waals surface area contributed by atoms with Crippen LogP contribution in [0.1, 0.15) is 47.7 Å². The molecule has 0 radical (unpaired) electrons. The van der Waals surface area contributed by atoms with Gasteiger partial charge in [0.2, 0.25) is 5.91 Å². The van der Waals surface area contributed by atoms with Crippen LogP contribution in [-0.2, 0) is 17.6 Å². The lowest BCUT2D eigenvalue weighted by Gasteiger charge is -2.56.